The number of rotatable bonds is 7. The largest absolute Gasteiger partial charge is 0.497 e. The predicted octanol–water partition coefficient (Wildman–Crippen LogP) is 9.65. The molecule has 0 amide bonds. The van der Waals surface area contributed by atoms with Crippen molar-refractivity contribution in [1.82, 2.24) is 10.6 Å². The van der Waals surface area contributed by atoms with Gasteiger partial charge in [0.15, 0.2) is 0 Å². The van der Waals surface area contributed by atoms with Gasteiger partial charge in [-0.05, 0) is 143 Å². The second kappa shape index (κ2) is 16.1. The summed E-state index contributed by atoms with van der Waals surface area (Å²) in [6.07, 6.45) is 3.87. The monoisotopic (exact) mass is 650 g/mol. The van der Waals surface area contributed by atoms with Gasteiger partial charge in [0.1, 0.15) is 23.2 Å². The first-order valence-electron chi connectivity index (χ1n) is 15.6. The van der Waals surface area contributed by atoms with Gasteiger partial charge in [0.05, 0.1) is 7.11 Å². The third kappa shape index (κ3) is 8.67. The molecular weight excluding hydrogens is 610 g/mol. The smallest absolute Gasteiger partial charge is 0.127 e. The van der Waals surface area contributed by atoms with Crippen molar-refractivity contribution in [2.24, 2.45) is 0 Å². The highest BCUT2D eigenvalue weighted by Crippen LogP contribution is 2.41. The van der Waals surface area contributed by atoms with Gasteiger partial charge in [-0.25, -0.2) is 13.2 Å². The van der Waals surface area contributed by atoms with Crippen molar-refractivity contribution < 1.29 is 17.9 Å². The Morgan fingerprint density at radius 3 is 1.67 bits per heavy atom. The third-order valence-electron chi connectivity index (χ3n) is 8.49. The van der Waals surface area contributed by atoms with E-state index in [0.29, 0.717) is 11.5 Å². The molecule has 6 rings (SSSR count). The number of nitrogens with one attached hydrogen (secondary N) is 2. The number of methoxy groups -OCH3 is 1. The first kappa shape index (κ1) is 33.5. The fourth-order valence-corrected chi connectivity index (χ4v) is 8.16. The summed E-state index contributed by atoms with van der Waals surface area (Å²) in [6.45, 7) is 7.57. The molecule has 0 aliphatic carbocycles. The fraction of sp³-hybridized carbons (Fsp3) is 0.351. The summed E-state index contributed by atoms with van der Waals surface area (Å²) in [6, 6.07) is 21.8. The lowest BCUT2D eigenvalue weighted by Crippen LogP contribution is -2.27. The molecule has 2 saturated heterocycles. The normalized spacial score (nSPS) is 15.8. The molecular formula is C37H41F3N2OS2. The van der Waals surface area contributed by atoms with Crippen LogP contribution < -0.4 is 15.4 Å². The van der Waals surface area contributed by atoms with Crippen molar-refractivity contribution in [1.29, 1.82) is 0 Å². The van der Waals surface area contributed by atoms with Crippen LogP contribution in [0.4, 0.5) is 13.2 Å². The Morgan fingerprint density at radius 1 is 0.600 bits per heavy atom. The van der Waals surface area contributed by atoms with Crippen molar-refractivity contribution in [3.63, 3.8) is 0 Å². The Morgan fingerprint density at radius 2 is 1.16 bits per heavy atom. The molecule has 0 spiro atoms. The van der Waals surface area contributed by atoms with Gasteiger partial charge in [-0.3, -0.25) is 0 Å². The summed E-state index contributed by atoms with van der Waals surface area (Å²) in [7, 11) is 1.67. The van der Waals surface area contributed by atoms with Crippen molar-refractivity contribution in [3.05, 3.63) is 113 Å². The van der Waals surface area contributed by atoms with Crippen LogP contribution in [0.1, 0.15) is 59.8 Å². The molecule has 2 fully saturated rings. The molecule has 2 heterocycles. The maximum Gasteiger partial charge on any atom is 0.127 e. The molecule has 2 aliphatic rings. The summed E-state index contributed by atoms with van der Waals surface area (Å²) >= 11 is 3.10. The van der Waals surface area contributed by atoms with Crippen LogP contribution in [0.5, 0.6) is 5.75 Å². The van der Waals surface area contributed by atoms with Crippen molar-refractivity contribution >= 4 is 23.5 Å². The van der Waals surface area contributed by atoms with Gasteiger partial charge in [-0.15, -0.1) is 0 Å². The zero-order chi connectivity index (χ0) is 31.8. The second-order valence-corrected chi connectivity index (χ2v) is 13.8. The van der Waals surface area contributed by atoms with E-state index in [0.717, 1.165) is 93.9 Å². The van der Waals surface area contributed by atoms with Gasteiger partial charge < -0.3 is 15.4 Å². The van der Waals surface area contributed by atoms with Gasteiger partial charge in [0.25, 0.3) is 0 Å². The number of benzene rings is 4. The molecule has 0 saturated carbocycles. The molecule has 45 heavy (non-hydrogen) atoms. The van der Waals surface area contributed by atoms with E-state index in [4.69, 9.17) is 4.74 Å². The zero-order valence-electron chi connectivity index (χ0n) is 26.1. The molecule has 3 nitrogen and oxygen atoms in total. The van der Waals surface area contributed by atoms with E-state index in [2.05, 4.69) is 23.6 Å². The van der Waals surface area contributed by atoms with E-state index in [-0.39, 0.29) is 23.4 Å². The molecule has 8 heteroatoms. The summed E-state index contributed by atoms with van der Waals surface area (Å²) in [4.78, 5) is 3.88. The number of ether oxygens (including phenoxy) is 1. The Kier molecular flexibility index (Phi) is 12.0. The molecule has 4 aromatic rings. The highest BCUT2D eigenvalue weighted by Gasteiger charge is 2.23. The van der Waals surface area contributed by atoms with E-state index >= 15 is 0 Å². The van der Waals surface area contributed by atoms with Crippen LogP contribution in [-0.2, 0) is 0 Å². The SMILES string of the molecule is COc1ccc(Sc2cccc(F)c2C2CCNCC2)c(C)c1.Cc1ccc(Sc2cccc(F)c2C2CCNCC2)cc1F. The van der Waals surface area contributed by atoms with Crippen molar-refractivity contribution in [3.8, 4) is 5.75 Å². The van der Waals surface area contributed by atoms with Gasteiger partial charge in [-0.2, -0.15) is 0 Å². The summed E-state index contributed by atoms with van der Waals surface area (Å²) in [5.41, 5.74) is 3.45. The quantitative estimate of drug-likeness (QED) is 0.208. The maximum absolute atomic E-state index is 14.5. The minimum Gasteiger partial charge on any atom is -0.497 e. The first-order chi connectivity index (χ1) is 21.8. The van der Waals surface area contributed by atoms with Crippen LogP contribution in [-0.4, -0.2) is 33.3 Å². The van der Waals surface area contributed by atoms with Crippen LogP contribution in [0.25, 0.3) is 0 Å². The first-order valence-corrected chi connectivity index (χ1v) is 17.2. The number of hydrogen-bond acceptors (Lipinski definition) is 5. The van der Waals surface area contributed by atoms with E-state index < -0.39 is 0 Å². The average Bonchev–Trinajstić information content (AvgIpc) is 3.05. The van der Waals surface area contributed by atoms with Crippen LogP contribution >= 0.6 is 23.5 Å². The van der Waals surface area contributed by atoms with E-state index in [1.165, 1.54) is 23.9 Å². The number of halogens is 3. The van der Waals surface area contributed by atoms with Gasteiger partial charge in [0.2, 0.25) is 0 Å². The topological polar surface area (TPSA) is 33.3 Å². The molecule has 2 aliphatic heterocycles. The Hall–Kier alpha value is -2.91. The summed E-state index contributed by atoms with van der Waals surface area (Å²) in [5.74, 6) is 0.950. The highest BCUT2D eigenvalue weighted by molar-refractivity contribution is 7.99. The molecule has 0 aromatic heterocycles. The summed E-state index contributed by atoms with van der Waals surface area (Å²) in [5, 5.41) is 6.66. The molecule has 238 valence electrons. The Labute approximate surface area is 273 Å². The van der Waals surface area contributed by atoms with Crippen LogP contribution in [0.15, 0.2) is 92.4 Å². The molecule has 0 atom stereocenters. The van der Waals surface area contributed by atoms with Crippen molar-refractivity contribution in [2.45, 2.75) is 70.9 Å². The molecule has 0 unspecified atom stereocenters. The lowest BCUT2D eigenvalue weighted by Gasteiger charge is -2.25. The maximum atomic E-state index is 14.5. The van der Waals surface area contributed by atoms with Crippen LogP contribution in [0.3, 0.4) is 0 Å². The minimum atomic E-state index is -0.218. The van der Waals surface area contributed by atoms with Crippen molar-refractivity contribution in [2.75, 3.05) is 33.3 Å². The molecule has 0 radical (unpaired) electrons. The van der Waals surface area contributed by atoms with E-state index in [1.54, 1.807) is 50.1 Å². The number of aryl methyl sites for hydroxylation is 2. The summed E-state index contributed by atoms with van der Waals surface area (Å²) < 4.78 is 47.9. The highest BCUT2D eigenvalue weighted by atomic mass is 32.2. The lowest BCUT2D eigenvalue weighted by molar-refractivity contribution is 0.414. The van der Waals surface area contributed by atoms with E-state index in [1.807, 2.05) is 30.3 Å². The molecule has 2 N–H and O–H groups in total. The van der Waals surface area contributed by atoms with Crippen LogP contribution in [0.2, 0.25) is 0 Å². The standard InChI is InChI=1S/C19H22FNOS.C18H19F2NS/c1-13-12-15(22-2)6-7-17(13)23-18-5-3-4-16(20)19(18)14-8-10-21-11-9-14;1-12-5-6-14(11-16(12)20)22-17-4-2-3-15(19)18(17)13-7-9-21-10-8-13/h3-7,12,14,21H,8-11H2,1-2H3;2-6,11,13,21H,7-10H2,1H3. The predicted molar refractivity (Wildman–Crippen MR) is 180 cm³/mol. The second-order valence-electron chi connectivity index (χ2n) is 11.6. The minimum absolute atomic E-state index is 0.0759. The molecule has 0 bridgehead atoms. The van der Waals surface area contributed by atoms with Crippen LogP contribution in [0, 0.1) is 31.3 Å². The number of piperidine rings is 2. The molecule has 4 aromatic carbocycles. The van der Waals surface area contributed by atoms with Gasteiger partial charge >= 0.3 is 0 Å². The average molecular weight is 651 g/mol. The van der Waals surface area contributed by atoms with Gasteiger partial charge in [-0.1, -0.05) is 41.7 Å². The Balaban J connectivity index is 0.000000178. The Bertz CT molecular complexity index is 1590. The third-order valence-corrected chi connectivity index (χ3v) is 10.8. The lowest BCUT2D eigenvalue weighted by atomic mass is 9.90. The fourth-order valence-electron chi connectivity index (χ4n) is 5.97. The number of hydrogen-bond donors (Lipinski definition) is 2. The van der Waals surface area contributed by atoms with Gasteiger partial charge in [0, 0.05) is 30.7 Å². The van der Waals surface area contributed by atoms with E-state index in [9.17, 15) is 13.2 Å². The zero-order valence-corrected chi connectivity index (χ0v) is 27.7.